The van der Waals surface area contributed by atoms with E-state index < -0.39 is 41.4 Å². The largest absolute Gasteiger partial charge is 0.543 e. The Kier molecular flexibility index (Phi) is 6.56. The number of likely N-dealkylation sites (tertiary alicyclic amines) is 1. The lowest BCUT2D eigenvalue weighted by Crippen LogP contribution is -2.71. The number of nitrogens with one attached hydrogen (secondary N) is 1. The van der Waals surface area contributed by atoms with Gasteiger partial charge in [0, 0.05) is 16.7 Å². The molecule has 0 aromatic carbocycles. The number of carbonyl (C=O) groups excluding carboxylic acids is 3. The number of quaternary nitrogens is 1. The highest BCUT2D eigenvalue weighted by Crippen LogP contribution is 2.41. The molecule has 3 aliphatic heterocycles. The third-order valence-electron chi connectivity index (χ3n) is 5.96. The molecule has 0 spiro atoms. The first-order valence-electron chi connectivity index (χ1n) is 10.3. The molecule has 15 heteroatoms. The van der Waals surface area contributed by atoms with Crippen molar-refractivity contribution in [3.63, 3.8) is 0 Å². The van der Waals surface area contributed by atoms with Crippen molar-refractivity contribution < 1.29 is 39.0 Å². The molecule has 13 nitrogen and oxygen atoms in total. The van der Waals surface area contributed by atoms with Gasteiger partial charge in [-0.05, 0) is 0 Å². The number of aliphatic hydroxyl groups excluding tert-OH is 2. The van der Waals surface area contributed by atoms with Crippen molar-refractivity contribution in [2.24, 2.45) is 5.16 Å². The summed E-state index contributed by atoms with van der Waals surface area (Å²) in [6.45, 7) is 0.747. The van der Waals surface area contributed by atoms with Gasteiger partial charge >= 0.3 is 0 Å². The molecule has 34 heavy (non-hydrogen) atoms. The highest BCUT2D eigenvalue weighted by molar-refractivity contribution is 8.00. The fourth-order valence-corrected chi connectivity index (χ4v) is 6.39. The van der Waals surface area contributed by atoms with E-state index in [0.29, 0.717) is 5.57 Å². The summed E-state index contributed by atoms with van der Waals surface area (Å²) in [7, 11) is 3.06. The first-order valence-corrected chi connectivity index (χ1v) is 12.2. The molecular formula is C19H24N6O7S2. The molecule has 0 radical (unpaired) electrons. The molecule has 0 bridgehead atoms. The van der Waals surface area contributed by atoms with Crippen LogP contribution in [-0.2, 0) is 19.2 Å². The zero-order valence-corrected chi connectivity index (χ0v) is 20.0. The Balaban J connectivity index is 1.52. The van der Waals surface area contributed by atoms with Gasteiger partial charge < -0.3 is 40.5 Å². The highest BCUT2D eigenvalue weighted by Gasteiger charge is 2.54. The molecule has 0 saturated carbocycles. The number of anilines is 1. The summed E-state index contributed by atoms with van der Waals surface area (Å²) >= 11 is 2.42. The number of nitrogens with zero attached hydrogens (tertiary/aromatic N) is 4. The van der Waals surface area contributed by atoms with Crippen LogP contribution < -0.4 is 16.2 Å². The first-order chi connectivity index (χ1) is 16.0. The third-order valence-corrected chi connectivity index (χ3v) is 7.98. The molecule has 1 aromatic heterocycles. The van der Waals surface area contributed by atoms with Crippen molar-refractivity contribution in [1.82, 2.24) is 15.2 Å². The van der Waals surface area contributed by atoms with E-state index in [-0.39, 0.29) is 52.1 Å². The number of carboxylic acid groups (broad SMARTS) is 1. The summed E-state index contributed by atoms with van der Waals surface area (Å²) in [6, 6.07) is -0.980. The Morgan fingerprint density at radius 3 is 2.65 bits per heavy atom. The lowest BCUT2D eigenvalue weighted by molar-refractivity contribution is -0.895. The number of aromatic nitrogens is 1. The monoisotopic (exact) mass is 512 g/mol. The van der Waals surface area contributed by atoms with Gasteiger partial charge in [0.15, 0.2) is 10.8 Å². The molecule has 4 heterocycles. The van der Waals surface area contributed by atoms with Crippen LogP contribution in [0.2, 0.25) is 0 Å². The number of hydrogen-bond donors (Lipinski definition) is 4. The summed E-state index contributed by atoms with van der Waals surface area (Å²) in [5.41, 5.74) is 5.89. The Bertz CT molecular complexity index is 1080. The molecule has 184 valence electrons. The number of fused-ring (bicyclic) bond motifs is 1. The van der Waals surface area contributed by atoms with Crippen LogP contribution in [0.5, 0.6) is 0 Å². The van der Waals surface area contributed by atoms with Crippen molar-refractivity contribution in [1.29, 1.82) is 0 Å². The molecule has 3 aliphatic rings. The van der Waals surface area contributed by atoms with Crippen LogP contribution in [-0.4, -0.2) is 111 Å². The fourth-order valence-electron chi connectivity index (χ4n) is 4.51. The molecule has 5 N–H and O–H groups in total. The van der Waals surface area contributed by atoms with Crippen molar-refractivity contribution in [3.8, 4) is 0 Å². The lowest BCUT2D eigenvalue weighted by Gasteiger charge is -2.51. The van der Waals surface area contributed by atoms with Crippen LogP contribution in [0.4, 0.5) is 5.13 Å². The van der Waals surface area contributed by atoms with Crippen LogP contribution in [0.25, 0.3) is 0 Å². The van der Waals surface area contributed by atoms with E-state index in [1.165, 1.54) is 24.3 Å². The molecule has 2 amide bonds. The van der Waals surface area contributed by atoms with Crippen LogP contribution in [0.1, 0.15) is 5.69 Å². The van der Waals surface area contributed by atoms with E-state index in [0.717, 1.165) is 16.2 Å². The summed E-state index contributed by atoms with van der Waals surface area (Å²) in [4.78, 5) is 47.6. The van der Waals surface area contributed by atoms with Crippen LogP contribution in [0.3, 0.4) is 0 Å². The molecule has 4 rings (SSSR count). The van der Waals surface area contributed by atoms with Gasteiger partial charge in [-0.25, -0.2) is 4.98 Å². The zero-order valence-electron chi connectivity index (χ0n) is 18.3. The van der Waals surface area contributed by atoms with E-state index in [4.69, 9.17) is 10.6 Å². The van der Waals surface area contributed by atoms with Gasteiger partial charge in [0.05, 0.1) is 18.7 Å². The number of carboxylic acids is 1. The Labute approximate surface area is 202 Å². The van der Waals surface area contributed by atoms with Crippen LogP contribution in [0.15, 0.2) is 21.8 Å². The maximum Gasteiger partial charge on any atom is 0.276 e. The van der Waals surface area contributed by atoms with Crippen LogP contribution >= 0.6 is 23.1 Å². The molecule has 1 aromatic rings. The summed E-state index contributed by atoms with van der Waals surface area (Å²) < 4.78 is 0.232. The average Bonchev–Trinajstić information content (AvgIpc) is 3.30. The number of carbonyl (C=O) groups is 3. The molecular weight excluding hydrogens is 488 g/mol. The van der Waals surface area contributed by atoms with Crippen LogP contribution in [0, 0.1) is 0 Å². The molecule has 2 saturated heterocycles. The molecule has 0 aliphatic carbocycles. The molecule has 2 fully saturated rings. The standard InChI is InChI=1S/C19H24N6O7S2/c1-25(4-10(26)11(27)5-25)3-8-6-33-17-13(16(29)24(17)14(8)18(30)31)22-15(28)12(23-32-2)9-7-34-19(20)21-9/h7,10-11,13,17,26-27H,3-6H2,1-2H3,(H3-,20,21,22,28,30,31)/b23-12-/t10-,11-,13?,17+/m0/s1. The number of rotatable bonds is 7. The van der Waals surface area contributed by atoms with Crippen molar-refractivity contribution in [2.45, 2.75) is 23.6 Å². The second-order valence-corrected chi connectivity index (χ2v) is 10.6. The number of thiazole rings is 1. The van der Waals surface area contributed by atoms with E-state index in [1.54, 1.807) is 7.05 Å². The van der Waals surface area contributed by atoms with Gasteiger partial charge in [-0.1, -0.05) is 5.16 Å². The van der Waals surface area contributed by atoms with Gasteiger partial charge in [-0.15, -0.1) is 23.1 Å². The Morgan fingerprint density at radius 1 is 1.41 bits per heavy atom. The number of nitrogens with two attached hydrogens (primary N) is 1. The Morgan fingerprint density at radius 2 is 2.09 bits per heavy atom. The number of likely N-dealkylation sites (N-methyl/N-ethyl adjacent to an activating group) is 1. The second kappa shape index (κ2) is 9.14. The number of oxime groups is 1. The number of hydrogen-bond acceptors (Lipinski definition) is 12. The minimum Gasteiger partial charge on any atom is -0.543 e. The number of thioether (sulfide) groups is 1. The first kappa shape index (κ1) is 24.4. The average molecular weight is 513 g/mol. The normalized spacial score (nSPS) is 28.4. The number of aliphatic carboxylic acids is 1. The number of aliphatic hydroxyl groups is 2. The maximum absolute atomic E-state index is 12.9. The number of nitrogen functional groups attached to an aromatic ring is 1. The summed E-state index contributed by atoms with van der Waals surface area (Å²) in [5, 5.41) is 39.2. The second-order valence-electron chi connectivity index (χ2n) is 8.57. The minimum absolute atomic E-state index is 0.164. The van der Waals surface area contributed by atoms with Gasteiger partial charge in [-0.2, -0.15) is 0 Å². The predicted octanol–water partition coefficient (Wildman–Crippen LogP) is -3.34. The quantitative estimate of drug-likeness (QED) is 0.124. The maximum atomic E-state index is 12.9. The zero-order chi connectivity index (χ0) is 24.8. The number of β-lactam (4-membered cyclic amide) rings is 1. The Hall–Kier alpha value is -2.72. The third kappa shape index (κ3) is 4.36. The number of amides is 2. The van der Waals surface area contributed by atoms with E-state index in [2.05, 4.69) is 15.5 Å². The van der Waals surface area contributed by atoms with E-state index in [1.807, 2.05) is 0 Å². The summed E-state index contributed by atoms with van der Waals surface area (Å²) in [6.07, 6.45) is -1.80. The van der Waals surface area contributed by atoms with E-state index >= 15 is 0 Å². The fraction of sp³-hybridized carbons (Fsp3) is 0.526. The van der Waals surface area contributed by atoms with Gasteiger partial charge in [0.1, 0.15) is 56.1 Å². The highest BCUT2D eigenvalue weighted by atomic mass is 32.2. The minimum atomic E-state index is -1.50. The van der Waals surface area contributed by atoms with Crippen molar-refractivity contribution in [2.75, 3.05) is 45.3 Å². The summed E-state index contributed by atoms with van der Waals surface area (Å²) in [5.74, 6) is -2.52. The lowest BCUT2D eigenvalue weighted by atomic mass is 10.0. The van der Waals surface area contributed by atoms with E-state index in [9.17, 15) is 29.7 Å². The molecule has 1 unspecified atom stereocenters. The smallest absolute Gasteiger partial charge is 0.276 e. The van der Waals surface area contributed by atoms with Gasteiger partial charge in [0.25, 0.3) is 11.8 Å². The molecule has 4 atom stereocenters. The van der Waals surface area contributed by atoms with Gasteiger partial charge in [0.2, 0.25) is 0 Å². The van der Waals surface area contributed by atoms with Crippen molar-refractivity contribution in [3.05, 3.63) is 22.3 Å². The van der Waals surface area contributed by atoms with Gasteiger partial charge in [-0.3, -0.25) is 14.5 Å². The predicted molar refractivity (Wildman–Crippen MR) is 120 cm³/mol. The SMILES string of the molecule is CO/N=C(\C(=O)NC1C(=O)N2C(C(=O)[O-])=C(C[N+]3(C)C[C@H](O)[C@@H](O)C3)CS[C@H]12)c1csc(N)n1. The van der Waals surface area contributed by atoms with Crippen molar-refractivity contribution >= 4 is 51.7 Å². The topological polar surface area (TPSA) is 190 Å².